The van der Waals surface area contributed by atoms with Crippen LogP contribution in [0.1, 0.15) is 21.8 Å². The zero-order chi connectivity index (χ0) is 26.5. The molecule has 0 aliphatic heterocycles. The second kappa shape index (κ2) is 9.84. The molecule has 0 aromatic heterocycles. The summed E-state index contributed by atoms with van der Waals surface area (Å²) in [6, 6.07) is 8.46. The van der Waals surface area contributed by atoms with Crippen LogP contribution in [0.4, 0.5) is 30.2 Å². The molecule has 1 aliphatic carbocycles. The molecule has 3 aromatic carbocycles. The number of carbonyl (C=O) groups excluding carboxylic acids is 2. The summed E-state index contributed by atoms with van der Waals surface area (Å²) in [5.74, 6) is -6.08. The van der Waals surface area contributed by atoms with Gasteiger partial charge in [0.15, 0.2) is 11.6 Å². The van der Waals surface area contributed by atoms with Gasteiger partial charge in [-0.25, -0.2) is 13.2 Å². The number of benzene rings is 3. The maximum Gasteiger partial charge on any atom is 0.257 e. The van der Waals surface area contributed by atoms with Crippen molar-refractivity contribution >= 4 is 86.9 Å². The summed E-state index contributed by atoms with van der Waals surface area (Å²) in [7, 11) is 0. The molecule has 0 heterocycles. The van der Waals surface area contributed by atoms with Gasteiger partial charge in [0.25, 0.3) is 5.91 Å². The molecule has 13 heteroatoms. The van der Waals surface area contributed by atoms with Crippen LogP contribution in [-0.4, -0.2) is 16.1 Å². The van der Waals surface area contributed by atoms with Gasteiger partial charge in [-0.3, -0.25) is 9.59 Å². The van der Waals surface area contributed by atoms with Gasteiger partial charge in [0.05, 0.1) is 32.2 Å². The minimum absolute atomic E-state index is 0.00933. The first-order valence-corrected chi connectivity index (χ1v) is 11.9. The molecule has 4 N–H and O–H groups in total. The highest BCUT2D eigenvalue weighted by molar-refractivity contribution is 6.53. The smallest absolute Gasteiger partial charge is 0.257 e. The Morgan fingerprint density at radius 3 is 2.14 bits per heavy atom. The van der Waals surface area contributed by atoms with Crippen LogP contribution in [0.15, 0.2) is 42.5 Å². The van der Waals surface area contributed by atoms with Crippen LogP contribution >= 0.6 is 58.0 Å². The summed E-state index contributed by atoms with van der Waals surface area (Å²) in [6.07, 6.45) is 0. The molecule has 4 rings (SSSR count). The van der Waals surface area contributed by atoms with Crippen LogP contribution in [0, 0.1) is 23.4 Å². The summed E-state index contributed by atoms with van der Waals surface area (Å²) in [5, 5.41) is 4.33. The van der Waals surface area contributed by atoms with Crippen molar-refractivity contribution in [3.8, 4) is 0 Å². The Bertz CT molecular complexity index is 1400. The lowest BCUT2D eigenvalue weighted by atomic mass is 10.1. The standard InChI is InChI=1S/C23H13Cl5F3N3O2/c24-11-2-1-9(7-10(11)21(35)34-15-4-3-14(29)20(32)19(15)31)33-22(36)17-16(23(17,27)28)8-5-12(25)18(30)13(26)6-8/h1-7,16-17H,32H2,(H,33,36)(H,34,35)/t16-,17+/m0/s1. The highest BCUT2D eigenvalue weighted by atomic mass is 35.5. The van der Waals surface area contributed by atoms with Gasteiger partial charge in [-0.2, -0.15) is 0 Å². The first-order valence-electron chi connectivity index (χ1n) is 10.0. The zero-order valence-electron chi connectivity index (χ0n) is 17.6. The van der Waals surface area contributed by atoms with E-state index in [-0.39, 0.29) is 32.0 Å². The van der Waals surface area contributed by atoms with Crippen molar-refractivity contribution in [2.24, 2.45) is 5.92 Å². The highest BCUT2D eigenvalue weighted by Gasteiger charge is 2.67. The van der Waals surface area contributed by atoms with E-state index < -0.39 is 51.1 Å². The van der Waals surface area contributed by atoms with Gasteiger partial charge in [0.2, 0.25) is 5.91 Å². The quantitative estimate of drug-likeness (QED) is 0.163. The molecule has 0 saturated heterocycles. The van der Waals surface area contributed by atoms with E-state index in [1.54, 1.807) is 0 Å². The zero-order valence-corrected chi connectivity index (χ0v) is 21.4. The number of amides is 2. The number of anilines is 3. The van der Waals surface area contributed by atoms with E-state index in [1.807, 2.05) is 0 Å². The minimum Gasteiger partial charge on any atom is -0.394 e. The van der Waals surface area contributed by atoms with Crippen molar-refractivity contribution in [1.29, 1.82) is 0 Å². The van der Waals surface area contributed by atoms with E-state index >= 15 is 0 Å². The van der Waals surface area contributed by atoms with Gasteiger partial charge < -0.3 is 16.4 Å². The van der Waals surface area contributed by atoms with Crippen molar-refractivity contribution in [3.63, 3.8) is 0 Å². The van der Waals surface area contributed by atoms with E-state index in [9.17, 15) is 22.8 Å². The van der Waals surface area contributed by atoms with Gasteiger partial charge >= 0.3 is 0 Å². The third kappa shape index (κ3) is 4.93. The van der Waals surface area contributed by atoms with Gasteiger partial charge in [-0.05, 0) is 48.0 Å². The Morgan fingerprint density at radius 2 is 1.50 bits per heavy atom. The molecular weight excluding hydrogens is 585 g/mol. The minimum atomic E-state index is -1.53. The van der Waals surface area contributed by atoms with Gasteiger partial charge in [-0.15, -0.1) is 23.2 Å². The lowest BCUT2D eigenvalue weighted by Gasteiger charge is -2.11. The third-order valence-corrected chi connectivity index (χ3v) is 7.37. The number of hydrogen-bond acceptors (Lipinski definition) is 3. The normalized spacial score (nSPS) is 18.0. The fourth-order valence-electron chi connectivity index (χ4n) is 3.67. The number of nitrogens with two attached hydrogens (primary N) is 1. The number of rotatable bonds is 5. The molecule has 188 valence electrons. The Labute approximate surface area is 227 Å². The van der Waals surface area contributed by atoms with Crippen LogP contribution in [-0.2, 0) is 4.79 Å². The Balaban J connectivity index is 1.53. The van der Waals surface area contributed by atoms with Crippen LogP contribution in [0.2, 0.25) is 15.1 Å². The van der Waals surface area contributed by atoms with Crippen LogP contribution in [0.5, 0.6) is 0 Å². The van der Waals surface area contributed by atoms with Gasteiger partial charge in [0, 0.05) is 11.6 Å². The largest absolute Gasteiger partial charge is 0.394 e. The van der Waals surface area contributed by atoms with E-state index in [1.165, 1.54) is 30.3 Å². The summed E-state index contributed by atoms with van der Waals surface area (Å²) in [4.78, 5) is 25.6. The SMILES string of the molecule is Nc1c(F)ccc(NC(=O)c2cc(NC(=O)[C@H]3[C@H](c4cc(Cl)c(F)c(Cl)c4)C3(Cl)Cl)ccc2Cl)c1F. The number of hydrogen-bond donors (Lipinski definition) is 3. The Morgan fingerprint density at radius 1 is 0.861 bits per heavy atom. The first kappa shape index (κ1) is 26.7. The molecule has 0 bridgehead atoms. The average molecular weight is 598 g/mol. The first-order chi connectivity index (χ1) is 16.8. The number of carbonyl (C=O) groups is 2. The Hall–Kier alpha value is -2.36. The lowest BCUT2D eigenvalue weighted by molar-refractivity contribution is -0.117. The molecule has 2 atom stereocenters. The number of alkyl halides is 2. The fourth-order valence-corrected chi connectivity index (χ4v) is 5.21. The van der Waals surface area contributed by atoms with Gasteiger partial charge in [-0.1, -0.05) is 34.8 Å². The van der Waals surface area contributed by atoms with Gasteiger partial charge in [0.1, 0.15) is 15.8 Å². The fraction of sp³-hybridized carbons (Fsp3) is 0.130. The summed E-state index contributed by atoms with van der Waals surface area (Å²) < 4.78 is 39.8. The molecule has 2 amide bonds. The average Bonchev–Trinajstić information content (AvgIpc) is 3.40. The predicted octanol–water partition coefficient (Wildman–Crippen LogP) is 7.42. The van der Waals surface area contributed by atoms with Crippen molar-refractivity contribution in [3.05, 3.63) is 86.1 Å². The number of nitrogen functional groups attached to an aromatic ring is 1. The molecular formula is C23H13Cl5F3N3O2. The summed E-state index contributed by atoms with van der Waals surface area (Å²) in [6.45, 7) is 0. The topological polar surface area (TPSA) is 84.2 Å². The van der Waals surface area contributed by atoms with E-state index in [0.717, 1.165) is 12.1 Å². The predicted molar refractivity (Wildman–Crippen MR) is 136 cm³/mol. The summed E-state index contributed by atoms with van der Waals surface area (Å²) in [5.41, 5.74) is 4.59. The second-order valence-electron chi connectivity index (χ2n) is 7.89. The second-order valence-corrected chi connectivity index (χ2v) is 10.6. The van der Waals surface area contributed by atoms with Crippen molar-refractivity contribution < 1.29 is 22.8 Å². The van der Waals surface area contributed by atoms with Crippen molar-refractivity contribution in [2.45, 2.75) is 10.3 Å². The molecule has 1 fully saturated rings. The molecule has 36 heavy (non-hydrogen) atoms. The molecule has 1 saturated carbocycles. The maximum atomic E-state index is 14.2. The van der Waals surface area contributed by atoms with Crippen molar-refractivity contribution in [2.75, 3.05) is 16.4 Å². The molecule has 1 aliphatic rings. The third-order valence-electron chi connectivity index (χ3n) is 5.55. The van der Waals surface area contributed by atoms with E-state index in [0.29, 0.717) is 5.56 Å². The van der Waals surface area contributed by atoms with E-state index in [4.69, 9.17) is 63.7 Å². The molecule has 0 spiro atoms. The highest BCUT2D eigenvalue weighted by Crippen LogP contribution is 2.65. The lowest BCUT2D eigenvalue weighted by Crippen LogP contribution is -2.18. The molecule has 3 aromatic rings. The maximum absolute atomic E-state index is 14.2. The van der Waals surface area contributed by atoms with Crippen LogP contribution < -0.4 is 16.4 Å². The number of halogens is 8. The van der Waals surface area contributed by atoms with Crippen molar-refractivity contribution in [1.82, 2.24) is 0 Å². The van der Waals surface area contributed by atoms with Crippen LogP contribution in [0.25, 0.3) is 0 Å². The molecule has 0 unspecified atom stereocenters. The number of nitrogens with one attached hydrogen (secondary N) is 2. The molecule has 5 nitrogen and oxygen atoms in total. The summed E-state index contributed by atoms with van der Waals surface area (Å²) >= 11 is 30.4. The molecule has 0 radical (unpaired) electrons. The Kier molecular flexibility index (Phi) is 7.29. The van der Waals surface area contributed by atoms with Crippen LogP contribution in [0.3, 0.4) is 0 Å². The monoisotopic (exact) mass is 595 g/mol. The van der Waals surface area contributed by atoms with E-state index in [2.05, 4.69) is 10.6 Å².